The number of methoxy groups -OCH3 is 1. The molecule has 0 saturated heterocycles. The zero-order valence-corrected chi connectivity index (χ0v) is 17.1. The highest BCUT2D eigenvalue weighted by molar-refractivity contribution is 6.01. The highest BCUT2D eigenvalue weighted by Crippen LogP contribution is 2.26. The van der Waals surface area contributed by atoms with E-state index in [1.807, 2.05) is 6.07 Å². The van der Waals surface area contributed by atoms with Crippen molar-refractivity contribution in [3.05, 3.63) is 35.5 Å². The average molecular weight is 417 g/mol. The van der Waals surface area contributed by atoms with Crippen LogP contribution in [0.2, 0.25) is 0 Å². The molecule has 0 saturated carbocycles. The maximum atomic E-state index is 12.5. The van der Waals surface area contributed by atoms with Crippen molar-refractivity contribution in [3.63, 3.8) is 0 Å². The molecule has 2 rings (SSSR count). The van der Waals surface area contributed by atoms with Crippen LogP contribution >= 0.6 is 0 Å². The van der Waals surface area contributed by atoms with E-state index in [4.69, 9.17) is 21.2 Å². The van der Waals surface area contributed by atoms with Crippen molar-refractivity contribution in [1.29, 1.82) is 0 Å². The number of nitrogens with one attached hydrogen (secondary N) is 1. The number of hydroxylamine groups is 1. The van der Waals surface area contributed by atoms with Crippen LogP contribution in [0.25, 0.3) is 17.0 Å². The maximum absolute atomic E-state index is 12.5. The third-order valence-electron chi connectivity index (χ3n) is 4.30. The number of hydrogen-bond acceptors (Lipinski definition) is 6. The van der Waals surface area contributed by atoms with Crippen LogP contribution in [-0.4, -0.2) is 46.8 Å². The van der Waals surface area contributed by atoms with Gasteiger partial charge in [-0.25, -0.2) is 15.6 Å². The maximum Gasteiger partial charge on any atom is 0.361 e. The number of guanidine groups is 1. The number of nitrogens with two attached hydrogens (primary N) is 2. The number of hydrogen-bond donors (Lipinski definition) is 4. The molecule has 0 bridgehead atoms. The zero-order valence-electron chi connectivity index (χ0n) is 17.1. The summed E-state index contributed by atoms with van der Waals surface area (Å²) in [5, 5.41) is 10.5. The second kappa shape index (κ2) is 10.9. The van der Waals surface area contributed by atoms with Crippen LogP contribution in [0.5, 0.6) is 5.75 Å². The molecule has 10 nitrogen and oxygen atoms in total. The van der Waals surface area contributed by atoms with Gasteiger partial charge in [0.05, 0.1) is 19.1 Å². The molecule has 0 aliphatic rings. The van der Waals surface area contributed by atoms with Crippen LogP contribution in [0.4, 0.5) is 0 Å². The van der Waals surface area contributed by atoms with E-state index in [0.29, 0.717) is 23.0 Å². The number of fused-ring (bicyclic) bond motifs is 1. The zero-order chi connectivity index (χ0) is 22.1. The monoisotopic (exact) mass is 417 g/mol. The van der Waals surface area contributed by atoms with Crippen LogP contribution in [0.3, 0.4) is 0 Å². The first-order valence-electron chi connectivity index (χ1n) is 9.50. The van der Waals surface area contributed by atoms with Crippen molar-refractivity contribution in [2.45, 2.75) is 32.6 Å². The van der Waals surface area contributed by atoms with E-state index in [2.05, 4.69) is 16.9 Å². The normalized spacial score (nSPS) is 12.1. The quantitative estimate of drug-likeness (QED) is 0.121. The summed E-state index contributed by atoms with van der Waals surface area (Å²) in [6, 6.07) is 5.38. The lowest BCUT2D eigenvalue weighted by Gasteiger charge is -2.16. The summed E-state index contributed by atoms with van der Waals surface area (Å²) in [4.78, 5) is 35.9. The molecule has 0 unspecified atom stereocenters. The molecular weight excluding hydrogens is 390 g/mol. The summed E-state index contributed by atoms with van der Waals surface area (Å²) in [6.07, 6.45) is 5.37. The summed E-state index contributed by atoms with van der Waals surface area (Å²) < 4.78 is 5.22. The molecule has 162 valence electrons. The summed E-state index contributed by atoms with van der Waals surface area (Å²) in [7, 11) is 1.54. The van der Waals surface area contributed by atoms with Crippen molar-refractivity contribution < 1.29 is 24.3 Å². The molecule has 1 aromatic carbocycles. The van der Waals surface area contributed by atoms with Gasteiger partial charge in [0.1, 0.15) is 5.75 Å². The Bertz CT molecular complexity index is 950. The van der Waals surface area contributed by atoms with E-state index in [1.165, 1.54) is 6.08 Å². The van der Waals surface area contributed by atoms with Crippen LogP contribution in [-0.2, 0) is 14.4 Å². The lowest BCUT2D eigenvalue weighted by atomic mass is 10.1. The van der Waals surface area contributed by atoms with Gasteiger partial charge in [0.15, 0.2) is 0 Å². The third-order valence-corrected chi connectivity index (χ3v) is 4.30. The van der Waals surface area contributed by atoms with E-state index in [0.717, 1.165) is 30.2 Å². The van der Waals surface area contributed by atoms with E-state index in [9.17, 15) is 14.7 Å². The Labute approximate surface area is 174 Å². The molecule has 0 aliphatic carbocycles. The smallest absolute Gasteiger partial charge is 0.361 e. The molecule has 0 amide bonds. The molecule has 6 N–H and O–H groups in total. The molecule has 1 aromatic heterocycles. The van der Waals surface area contributed by atoms with Gasteiger partial charge in [-0.2, -0.15) is 0 Å². The Kier molecular flexibility index (Phi) is 8.24. The van der Waals surface area contributed by atoms with E-state index in [-0.39, 0.29) is 11.5 Å². The van der Waals surface area contributed by atoms with E-state index in [1.54, 1.807) is 25.4 Å². The number of aromatic amines is 1. The first-order valence-corrected chi connectivity index (χ1v) is 9.50. The van der Waals surface area contributed by atoms with Gasteiger partial charge in [-0.15, -0.1) is 5.17 Å². The Balaban J connectivity index is 2.22. The molecule has 0 atom stereocenters. The topological polar surface area (TPSA) is 156 Å². The first-order chi connectivity index (χ1) is 14.3. The predicted octanol–water partition coefficient (Wildman–Crippen LogP) is 2.17. The van der Waals surface area contributed by atoms with Crippen LogP contribution in [0, 0.1) is 0 Å². The third kappa shape index (κ3) is 6.24. The molecule has 30 heavy (non-hydrogen) atoms. The van der Waals surface area contributed by atoms with Gasteiger partial charge in [-0.1, -0.05) is 19.8 Å². The molecule has 1 heterocycles. The number of benzene rings is 1. The van der Waals surface area contributed by atoms with E-state index < -0.39 is 18.4 Å². The van der Waals surface area contributed by atoms with Gasteiger partial charge in [-0.3, -0.25) is 4.79 Å². The Morgan fingerprint density at radius 2 is 2.10 bits per heavy atom. The molecule has 0 aliphatic heterocycles. The standard InChI is InChI=1S/C20H27N5O5/c1-3-4-5-8-23-20(21)25(22)30-19(28)13(10-18(26)27)9-14-12-24-17-7-6-15(29-2)11-16(14)17/h6-7,9,11-12,24H,3-5,8,10,22H2,1-2H3,(H2,21,23)(H,26,27). The van der Waals surface area contributed by atoms with Gasteiger partial charge in [0, 0.05) is 29.2 Å². The van der Waals surface area contributed by atoms with Gasteiger partial charge in [0.25, 0.3) is 0 Å². The number of carboxylic acids is 1. The summed E-state index contributed by atoms with van der Waals surface area (Å²) in [5.41, 5.74) is 7.00. The minimum Gasteiger partial charge on any atom is -0.497 e. The van der Waals surface area contributed by atoms with Crippen molar-refractivity contribution in [2.24, 2.45) is 16.6 Å². The van der Waals surface area contributed by atoms with Gasteiger partial charge in [0.2, 0.25) is 5.96 Å². The number of carboxylic acid groups (broad SMARTS) is 1. The summed E-state index contributed by atoms with van der Waals surface area (Å²) in [5.74, 6) is 3.95. The van der Waals surface area contributed by atoms with Gasteiger partial charge in [-0.05, 0) is 30.7 Å². The fourth-order valence-electron chi connectivity index (χ4n) is 2.72. The number of hydrazine groups is 1. The number of aromatic nitrogens is 1. The number of ether oxygens (including phenoxy) is 1. The molecule has 2 aromatic rings. The minimum absolute atomic E-state index is 0.111. The van der Waals surface area contributed by atoms with Gasteiger partial charge < -0.3 is 25.4 Å². The second-order valence-electron chi connectivity index (χ2n) is 6.55. The molecule has 0 spiro atoms. The van der Waals surface area contributed by atoms with Gasteiger partial charge >= 0.3 is 11.9 Å². The Hall–Kier alpha value is -3.53. The van der Waals surface area contributed by atoms with Crippen molar-refractivity contribution in [2.75, 3.05) is 13.7 Å². The van der Waals surface area contributed by atoms with Crippen molar-refractivity contribution >= 4 is 34.9 Å². The lowest BCUT2D eigenvalue weighted by molar-refractivity contribution is -0.169. The highest BCUT2D eigenvalue weighted by Gasteiger charge is 2.20. The molecule has 10 heteroatoms. The second-order valence-corrected chi connectivity index (χ2v) is 6.55. The number of rotatable bonds is 9. The fourth-order valence-corrected chi connectivity index (χ4v) is 2.72. The minimum atomic E-state index is -1.19. The number of aliphatic carboxylic acids is 1. The van der Waals surface area contributed by atoms with Crippen LogP contribution in [0.15, 0.2) is 35.0 Å². The largest absolute Gasteiger partial charge is 0.497 e. The summed E-state index contributed by atoms with van der Waals surface area (Å²) in [6.45, 7) is 2.50. The Morgan fingerprint density at radius 1 is 1.33 bits per heavy atom. The molecule has 0 radical (unpaired) electrons. The number of aliphatic imine (C=N–C) groups is 1. The summed E-state index contributed by atoms with van der Waals surface area (Å²) >= 11 is 0. The number of unbranched alkanes of at least 4 members (excludes halogenated alkanes) is 2. The number of carbonyl (C=O) groups is 2. The first kappa shape index (κ1) is 22.8. The Morgan fingerprint density at radius 3 is 2.77 bits per heavy atom. The predicted molar refractivity (Wildman–Crippen MR) is 113 cm³/mol. The average Bonchev–Trinajstić information content (AvgIpc) is 3.12. The van der Waals surface area contributed by atoms with Crippen molar-refractivity contribution in [3.8, 4) is 5.75 Å². The SMILES string of the molecule is CCCCCN=C(N)N(N)OC(=O)C(=Cc1c[nH]c2ccc(OC)cc12)CC(=O)O. The fraction of sp³-hybridized carbons (Fsp3) is 0.350. The number of carbonyl (C=O) groups excluding carboxylic acids is 1. The van der Waals surface area contributed by atoms with E-state index >= 15 is 0 Å². The molecule has 0 fully saturated rings. The van der Waals surface area contributed by atoms with Crippen LogP contribution in [0.1, 0.15) is 38.2 Å². The lowest BCUT2D eigenvalue weighted by Crippen LogP contribution is -2.44. The molecular formula is C20H27N5O5. The van der Waals surface area contributed by atoms with Crippen LogP contribution < -0.4 is 16.3 Å². The number of nitrogens with zero attached hydrogens (tertiary/aromatic N) is 2. The van der Waals surface area contributed by atoms with Crippen molar-refractivity contribution in [1.82, 2.24) is 10.2 Å². The highest BCUT2D eigenvalue weighted by atomic mass is 16.7. The number of H-pyrrole nitrogens is 1.